The minimum atomic E-state index is -1.33. The molecule has 0 fully saturated rings. The van der Waals surface area contributed by atoms with E-state index in [1.165, 1.54) is 0 Å². The number of carbonyl (C=O) groups is 1. The molecule has 1 aromatic carbocycles. The summed E-state index contributed by atoms with van der Waals surface area (Å²) in [5.74, 6) is -0.171. The van der Waals surface area contributed by atoms with Crippen LogP contribution in [0.2, 0.25) is 0 Å². The van der Waals surface area contributed by atoms with Crippen LogP contribution >= 0.6 is 23.2 Å². The van der Waals surface area contributed by atoms with Gasteiger partial charge in [0, 0.05) is 11.6 Å². The van der Waals surface area contributed by atoms with Crippen LogP contribution in [0.5, 0.6) is 0 Å². The lowest BCUT2D eigenvalue weighted by atomic mass is 10.0. The molecule has 0 saturated heterocycles. The summed E-state index contributed by atoms with van der Waals surface area (Å²) in [6, 6.07) is 7.29. The number of aryl methyl sites for hydroxylation is 1. The van der Waals surface area contributed by atoms with E-state index in [1.54, 1.807) is 37.3 Å². The van der Waals surface area contributed by atoms with Crippen LogP contribution in [-0.2, 0) is 4.79 Å². The summed E-state index contributed by atoms with van der Waals surface area (Å²) in [7, 11) is 0. The predicted molar refractivity (Wildman–Crippen MR) is 85.0 cm³/mol. The number of hydrogen-bond donors (Lipinski definition) is 2. The first kappa shape index (κ1) is 17.7. The maximum atomic E-state index is 13.1. The van der Waals surface area contributed by atoms with E-state index in [4.69, 9.17) is 27.7 Å². The van der Waals surface area contributed by atoms with Crippen molar-refractivity contribution in [1.29, 1.82) is 0 Å². The molecule has 2 unspecified atom stereocenters. The van der Waals surface area contributed by atoms with E-state index in [0.29, 0.717) is 11.3 Å². The minimum Gasteiger partial charge on any atom is -0.386 e. The Morgan fingerprint density at radius 3 is 2.52 bits per heavy atom. The first-order valence-electron chi connectivity index (χ1n) is 6.78. The average molecular weight is 361 g/mol. The Bertz CT molecular complexity index is 661. The maximum absolute atomic E-state index is 13.1. The van der Waals surface area contributed by atoms with Gasteiger partial charge in [-0.25, -0.2) is 4.39 Å². The van der Waals surface area contributed by atoms with Crippen LogP contribution in [0, 0.1) is 6.92 Å². The number of alkyl halides is 3. The number of aliphatic hydroxyl groups is 1. The van der Waals surface area contributed by atoms with Crippen molar-refractivity contribution in [3.05, 3.63) is 41.6 Å². The molecule has 124 valence electrons. The molecule has 2 N–H and O–H groups in total. The standard InChI is InChI=1S/C15H15Cl2FN2O3/c1-8-6-12(23-20-8)9-2-4-10(5-3-9)13(21)11(7-18)19-15(22)14(16)17/h2-6,11,13-14,21H,7H2,1H3,(H,19,22). The van der Waals surface area contributed by atoms with Gasteiger partial charge in [0.1, 0.15) is 12.8 Å². The molecular weight excluding hydrogens is 346 g/mol. The van der Waals surface area contributed by atoms with Crippen molar-refractivity contribution in [2.75, 3.05) is 6.67 Å². The second-order valence-corrected chi connectivity index (χ2v) is 6.07. The van der Waals surface area contributed by atoms with E-state index in [2.05, 4.69) is 10.5 Å². The molecule has 0 spiro atoms. The number of halogens is 3. The van der Waals surface area contributed by atoms with Crippen molar-refractivity contribution in [3.63, 3.8) is 0 Å². The van der Waals surface area contributed by atoms with Gasteiger partial charge in [0.05, 0.1) is 11.7 Å². The first-order chi connectivity index (χ1) is 10.9. The van der Waals surface area contributed by atoms with Crippen molar-refractivity contribution in [1.82, 2.24) is 10.5 Å². The number of nitrogens with one attached hydrogen (secondary N) is 1. The van der Waals surface area contributed by atoms with Gasteiger partial charge in [-0.1, -0.05) is 52.6 Å². The van der Waals surface area contributed by atoms with Crippen molar-refractivity contribution in [2.45, 2.75) is 23.9 Å². The zero-order chi connectivity index (χ0) is 17.0. The van der Waals surface area contributed by atoms with Crippen molar-refractivity contribution in [2.24, 2.45) is 0 Å². The van der Waals surface area contributed by atoms with Crippen LogP contribution in [0.15, 0.2) is 34.9 Å². The van der Waals surface area contributed by atoms with Crippen molar-refractivity contribution in [3.8, 4) is 11.3 Å². The summed E-state index contributed by atoms with van der Waals surface area (Å²) in [4.78, 5) is 10.1. The van der Waals surface area contributed by atoms with Gasteiger partial charge in [-0.3, -0.25) is 4.79 Å². The first-order valence-corrected chi connectivity index (χ1v) is 7.66. The lowest BCUT2D eigenvalue weighted by Gasteiger charge is -2.22. The van der Waals surface area contributed by atoms with Crippen molar-refractivity contribution < 1.29 is 18.8 Å². The van der Waals surface area contributed by atoms with Crippen LogP contribution in [0.1, 0.15) is 17.4 Å². The van der Waals surface area contributed by atoms with Gasteiger partial charge >= 0.3 is 0 Å². The quantitative estimate of drug-likeness (QED) is 0.776. The van der Waals surface area contributed by atoms with Gasteiger partial charge in [-0.15, -0.1) is 0 Å². The molecule has 0 aliphatic heterocycles. The molecule has 0 aliphatic rings. The molecule has 8 heteroatoms. The van der Waals surface area contributed by atoms with Crippen LogP contribution in [-0.4, -0.2) is 33.7 Å². The monoisotopic (exact) mass is 360 g/mol. The summed E-state index contributed by atoms with van der Waals surface area (Å²) in [6.07, 6.45) is -1.23. The topological polar surface area (TPSA) is 75.4 Å². The molecule has 1 amide bonds. The Balaban J connectivity index is 2.12. The number of hydrogen-bond acceptors (Lipinski definition) is 4. The Kier molecular flexibility index (Phi) is 5.98. The Morgan fingerprint density at radius 1 is 1.39 bits per heavy atom. The number of amides is 1. The number of rotatable bonds is 6. The van der Waals surface area contributed by atoms with Gasteiger partial charge < -0.3 is 14.9 Å². The number of benzene rings is 1. The molecule has 0 radical (unpaired) electrons. The van der Waals surface area contributed by atoms with Crippen LogP contribution in [0.4, 0.5) is 4.39 Å². The molecule has 0 saturated carbocycles. The van der Waals surface area contributed by atoms with Crippen LogP contribution in [0.3, 0.4) is 0 Å². The third-order valence-corrected chi connectivity index (χ3v) is 3.63. The lowest BCUT2D eigenvalue weighted by Crippen LogP contribution is -2.43. The fourth-order valence-electron chi connectivity index (χ4n) is 2.02. The molecule has 2 rings (SSSR count). The molecule has 2 aromatic rings. The zero-order valence-electron chi connectivity index (χ0n) is 12.2. The molecule has 5 nitrogen and oxygen atoms in total. The van der Waals surface area contributed by atoms with Gasteiger partial charge in [-0.05, 0) is 12.5 Å². The molecular formula is C15H15Cl2FN2O3. The average Bonchev–Trinajstić information content (AvgIpc) is 2.98. The fourth-order valence-corrected chi connectivity index (χ4v) is 2.15. The highest BCUT2D eigenvalue weighted by Crippen LogP contribution is 2.24. The number of aliphatic hydroxyl groups excluding tert-OH is 1. The highest BCUT2D eigenvalue weighted by Gasteiger charge is 2.25. The fraction of sp³-hybridized carbons (Fsp3) is 0.333. The van der Waals surface area contributed by atoms with Gasteiger partial charge in [-0.2, -0.15) is 0 Å². The summed E-state index contributed by atoms with van der Waals surface area (Å²) in [5.41, 5.74) is 1.96. The highest BCUT2D eigenvalue weighted by atomic mass is 35.5. The van der Waals surface area contributed by atoms with Gasteiger partial charge in [0.2, 0.25) is 0 Å². The Hall–Kier alpha value is -1.63. The summed E-state index contributed by atoms with van der Waals surface area (Å²) in [6.45, 7) is 0.844. The van der Waals surface area contributed by atoms with Crippen LogP contribution in [0.25, 0.3) is 11.3 Å². The SMILES string of the molecule is Cc1cc(-c2ccc(C(O)C(CF)NC(=O)C(Cl)Cl)cc2)on1. The summed E-state index contributed by atoms with van der Waals surface area (Å²) in [5, 5.41) is 16.3. The number of aromatic nitrogens is 1. The van der Waals surface area contributed by atoms with E-state index in [0.717, 1.165) is 11.3 Å². The Morgan fingerprint density at radius 2 is 2.04 bits per heavy atom. The summed E-state index contributed by atoms with van der Waals surface area (Å²) < 4.78 is 18.2. The molecule has 23 heavy (non-hydrogen) atoms. The third-order valence-electron chi connectivity index (χ3n) is 3.24. The van der Waals surface area contributed by atoms with Crippen LogP contribution < -0.4 is 5.32 Å². The molecule has 1 aromatic heterocycles. The third kappa shape index (κ3) is 4.43. The van der Waals surface area contributed by atoms with Gasteiger partial charge in [0.15, 0.2) is 10.6 Å². The second kappa shape index (κ2) is 7.77. The van der Waals surface area contributed by atoms with Crippen molar-refractivity contribution >= 4 is 29.1 Å². The highest BCUT2D eigenvalue weighted by molar-refractivity contribution is 6.53. The zero-order valence-corrected chi connectivity index (χ0v) is 13.7. The minimum absolute atomic E-state index is 0.439. The largest absolute Gasteiger partial charge is 0.386 e. The smallest absolute Gasteiger partial charge is 0.253 e. The molecule has 2 atom stereocenters. The van der Waals surface area contributed by atoms with E-state index in [9.17, 15) is 14.3 Å². The van der Waals surface area contributed by atoms with E-state index in [-0.39, 0.29) is 0 Å². The molecule has 0 bridgehead atoms. The number of nitrogens with zero attached hydrogens (tertiary/aromatic N) is 1. The second-order valence-electron chi connectivity index (χ2n) is 4.97. The molecule has 1 heterocycles. The van der Waals surface area contributed by atoms with E-state index in [1.807, 2.05) is 0 Å². The maximum Gasteiger partial charge on any atom is 0.253 e. The van der Waals surface area contributed by atoms with E-state index >= 15 is 0 Å². The number of carbonyl (C=O) groups excluding carboxylic acids is 1. The van der Waals surface area contributed by atoms with Gasteiger partial charge in [0.25, 0.3) is 5.91 Å². The normalized spacial score (nSPS) is 13.8. The summed E-state index contributed by atoms with van der Waals surface area (Å²) >= 11 is 10.8. The predicted octanol–water partition coefficient (Wildman–Crippen LogP) is 2.94. The Labute approximate surface area is 142 Å². The van der Waals surface area contributed by atoms with E-state index < -0.39 is 29.6 Å². The lowest BCUT2D eigenvalue weighted by molar-refractivity contribution is -0.121. The molecule has 0 aliphatic carbocycles.